The van der Waals surface area contributed by atoms with E-state index in [4.69, 9.17) is 4.98 Å². The van der Waals surface area contributed by atoms with Gasteiger partial charge in [-0.3, -0.25) is 4.40 Å². The Balaban J connectivity index is 2.07. The zero-order valence-electron chi connectivity index (χ0n) is 11.4. The Morgan fingerprint density at radius 3 is 3.05 bits per heavy atom. The number of hydrogen-bond donors (Lipinski definition) is 1. The Morgan fingerprint density at radius 1 is 1.37 bits per heavy atom. The third-order valence-corrected chi connectivity index (χ3v) is 4.13. The van der Waals surface area contributed by atoms with Crippen molar-refractivity contribution in [2.24, 2.45) is 0 Å². The van der Waals surface area contributed by atoms with Crippen molar-refractivity contribution in [2.45, 2.75) is 45.3 Å². The molecule has 0 aliphatic carbocycles. The first-order chi connectivity index (χ1) is 9.35. The van der Waals surface area contributed by atoms with Crippen LogP contribution in [-0.4, -0.2) is 27.1 Å². The highest BCUT2D eigenvalue weighted by molar-refractivity contribution is 5.56. The highest BCUT2D eigenvalue weighted by Crippen LogP contribution is 2.29. The lowest BCUT2D eigenvalue weighted by Crippen LogP contribution is -2.39. The molecule has 102 valence electrons. The van der Waals surface area contributed by atoms with Crippen LogP contribution in [0.3, 0.4) is 0 Å². The molecule has 4 nitrogen and oxygen atoms in total. The highest BCUT2D eigenvalue weighted by atomic mass is 16.3. The zero-order valence-corrected chi connectivity index (χ0v) is 11.4. The summed E-state index contributed by atoms with van der Waals surface area (Å²) in [6, 6.07) is 6.52. The molecular formula is C15H21N3O. The van der Waals surface area contributed by atoms with Crippen LogP contribution in [0.4, 0.5) is 5.82 Å². The Bertz CT molecular complexity index is 564. The van der Waals surface area contributed by atoms with E-state index >= 15 is 0 Å². The molecule has 2 aromatic heterocycles. The zero-order chi connectivity index (χ0) is 13.2. The minimum Gasteiger partial charge on any atom is -0.390 e. The van der Waals surface area contributed by atoms with Gasteiger partial charge in [-0.2, -0.15) is 0 Å². The predicted octanol–water partition coefficient (Wildman–Crippen LogP) is 2.60. The summed E-state index contributed by atoms with van der Waals surface area (Å²) in [5.74, 6) is 0.972. The number of anilines is 1. The quantitative estimate of drug-likeness (QED) is 0.921. The van der Waals surface area contributed by atoms with Gasteiger partial charge in [-0.1, -0.05) is 13.0 Å². The maximum atomic E-state index is 9.71. The van der Waals surface area contributed by atoms with Gasteiger partial charge < -0.3 is 10.0 Å². The third kappa shape index (κ3) is 2.10. The van der Waals surface area contributed by atoms with Gasteiger partial charge in [-0.25, -0.2) is 4.98 Å². The molecular weight excluding hydrogens is 238 g/mol. The molecule has 19 heavy (non-hydrogen) atoms. The van der Waals surface area contributed by atoms with Crippen molar-refractivity contribution in [3.05, 3.63) is 30.1 Å². The number of nitrogens with zero attached hydrogens (tertiary/aromatic N) is 3. The van der Waals surface area contributed by atoms with E-state index in [1.54, 1.807) is 0 Å². The summed E-state index contributed by atoms with van der Waals surface area (Å²) in [5, 5.41) is 9.71. The van der Waals surface area contributed by atoms with E-state index in [1.165, 1.54) is 19.3 Å². The van der Waals surface area contributed by atoms with E-state index < -0.39 is 0 Å². The molecule has 3 heterocycles. The smallest absolute Gasteiger partial charge is 0.153 e. The number of fused-ring (bicyclic) bond motifs is 1. The lowest BCUT2D eigenvalue weighted by molar-refractivity contribution is 0.275. The number of rotatable bonds is 3. The number of aliphatic hydroxyl groups excluding tert-OH is 1. The molecule has 1 fully saturated rings. The SMILES string of the molecule is CCC1CCCCN1c1nc2ccccn2c1CO. The monoisotopic (exact) mass is 259 g/mol. The van der Waals surface area contributed by atoms with Crippen molar-refractivity contribution in [2.75, 3.05) is 11.4 Å². The molecule has 1 saturated heterocycles. The van der Waals surface area contributed by atoms with Crippen LogP contribution in [0.1, 0.15) is 38.3 Å². The summed E-state index contributed by atoms with van der Waals surface area (Å²) in [7, 11) is 0. The third-order valence-electron chi connectivity index (χ3n) is 4.13. The van der Waals surface area contributed by atoms with Gasteiger partial charge in [0, 0.05) is 18.8 Å². The fraction of sp³-hybridized carbons (Fsp3) is 0.533. The van der Waals surface area contributed by atoms with Gasteiger partial charge in [0.15, 0.2) is 5.82 Å². The standard InChI is InChI=1S/C15H21N3O/c1-2-12-7-3-5-9-17(12)15-13(11-19)18-10-6-4-8-14(18)16-15/h4,6,8,10,12,19H,2-3,5,7,9,11H2,1H3. The molecule has 1 atom stereocenters. The topological polar surface area (TPSA) is 40.8 Å². The Hall–Kier alpha value is -1.55. The summed E-state index contributed by atoms with van der Waals surface area (Å²) in [6.07, 6.45) is 6.86. The van der Waals surface area contributed by atoms with Crippen molar-refractivity contribution in [3.8, 4) is 0 Å². The first-order valence-electron chi connectivity index (χ1n) is 7.18. The first kappa shape index (κ1) is 12.5. The largest absolute Gasteiger partial charge is 0.390 e. The number of pyridine rings is 1. The molecule has 0 aromatic carbocycles. The van der Waals surface area contributed by atoms with Gasteiger partial charge in [0.25, 0.3) is 0 Å². The Morgan fingerprint density at radius 2 is 2.26 bits per heavy atom. The van der Waals surface area contributed by atoms with Crippen LogP contribution in [0.5, 0.6) is 0 Å². The van der Waals surface area contributed by atoms with E-state index in [0.29, 0.717) is 6.04 Å². The second-order valence-electron chi connectivity index (χ2n) is 5.22. The van der Waals surface area contributed by atoms with Crippen LogP contribution in [0, 0.1) is 0 Å². The maximum Gasteiger partial charge on any atom is 0.153 e. The summed E-state index contributed by atoms with van der Waals surface area (Å²) in [4.78, 5) is 7.13. The molecule has 1 N–H and O–H groups in total. The van der Waals surface area contributed by atoms with Crippen molar-refractivity contribution in [3.63, 3.8) is 0 Å². The van der Waals surface area contributed by atoms with Crippen LogP contribution in [0.2, 0.25) is 0 Å². The summed E-state index contributed by atoms with van der Waals surface area (Å²) in [6.45, 7) is 3.32. The number of piperidine rings is 1. The van der Waals surface area contributed by atoms with Gasteiger partial charge in [0.1, 0.15) is 5.65 Å². The van der Waals surface area contributed by atoms with E-state index in [-0.39, 0.29) is 6.61 Å². The maximum absolute atomic E-state index is 9.71. The Labute approximate surface area is 113 Å². The molecule has 0 amide bonds. The number of imidazole rings is 1. The molecule has 2 aromatic rings. The minimum absolute atomic E-state index is 0.0352. The van der Waals surface area contributed by atoms with Gasteiger partial charge >= 0.3 is 0 Å². The molecule has 4 heteroatoms. The van der Waals surface area contributed by atoms with Crippen LogP contribution < -0.4 is 4.90 Å². The molecule has 3 rings (SSSR count). The van der Waals surface area contributed by atoms with E-state index in [2.05, 4.69) is 11.8 Å². The fourth-order valence-corrected chi connectivity index (χ4v) is 3.11. The van der Waals surface area contributed by atoms with Crippen molar-refractivity contribution in [1.82, 2.24) is 9.38 Å². The van der Waals surface area contributed by atoms with Crippen molar-refractivity contribution in [1.29, 1.82) is 0 Å². The Kier molecular flexibility index (Phi) is 3.42. The van der Waals surface area contributed by atoms with Crippen molar-refractivity contribution < 1.29 is 5.11 Å². The lowest BCUT2D eigenvalue weighted by atomic mass is 10.00. The normalized spacial score (nSPS) is 20.1. The molecule has 0 radical (unpaired) electrons. The first-order valence-corrected chi connectivity index (χ1v) is 7.18. The molecule has 1 unspecified atom stereocenters. The molecule has 0 saturated carbocycles. The highest BCUT2D eigenvalue weighted by Gasteiger charge is 2.25. The second kappa shape index (κ2) is 5.21. The second-order valence-corrected chi connectivity index (χ2v) is 5.22. The summed E-state index contributed by atoms with van der Waals surface area (Å²) >= 11 is 0. The van der Waals surface area contributed by atoms with Crippen molar-refractivity contribution >= 4 is 11.5 Å². The number of hydrogen-bond acceptors (Lipinski definition) is 3. The van der Waals surface area contributed by atoms with Crippen LogP contribution >= 0.6 is 0 Å². The molecule has 0 bridgehead atoms. The van der Waals surface area contributed by atoms with Gasteiger partial charge in [0.2, 0.25) is 0 Å². The average Bonchev–Trinajstić information content (AvgIpc) is 2.85. The number of aromatic nitrogens is 2. The molecule has 1 aliphatic rings. The van der Waals surface area contributed by atoms with E-state index in [9.17, 15) is 5.11 Å². The minimum atomic E-state index is 0.0352. The predicted molar refractivity (Wildman–Crippen MR) is 76.4 cm³/mol. The van der Waals surface area contributed by atoms with Gasteiger partial charge in [-0.15, -0.1) is 0 Å². The van der Waals surface area contributed by atoms with Gasteiger partial charge in [0.05, 0.1) is 12.3 Å². The van der Waals surface area contributed by atoms with Gasteiger partial charge in [-0.05, 0) is 37.8 Å². The lowest BCUT2D eigenvalue weighted by Gasteiger charge is -2.36. The number of aliphatic hydroxyl groups is 1. The van der Waals surface area contributed by atoms with Crippen LogP contribution in [0.15, 0.2) is 24.4 Å². The molecule has 1 aliphatic heterocycles. The fourth-order valence-electron chi connectivity index (χ4n) is 3.11. The van der Waals surface area contributed by atoms with E-state index in [1.807, 2.05) is 28.8 Å². The van der Waals surface area contributed by atoms with Crippen LogP contribution in [-0.2, 0) is 6.61 Å². The van der Waals surface area contributed by atoms with Crippen LogP contribution in [0.25, 0.3) is 5.65 Å². The molecule has 0 spiro atoms. The van der Waals surface area contributed by atoms with E-state index in [0.717, 1.165) is 30.1 Å². The summed E-state index contributed by atoms with van der Waals surface area (Å²) < 4.78 is 2.00. The summed E-state index contributed by atoms with van der Waals surface area (Å²) in [5.41, 5.74) is 1.83. The average molecular weight is 259 g/mol.